The van der Waals surface area contributed by atoms with E-state index in [1.54, 1.807) is 0 Å². The van der Waals surface area contributed by atoms with Crippen LogP contribution in [-0.4, -0.2) is 25.6 Å². The van der Waals surface area contributed by atoms with Gasteiger partial charge < -0.3 is 15.4 Å². The maximum atomic E-state index is 10.5. The van der Waals surface area contributed by atoms with Gasteiger partial charge in [0.15, 0.2) is 0 Å². The molecule has 0 radical (unpaired) electrons. The number of nitrogens with one attached hydrogen (secondary N) is 1. The van der Waals surface area contributed by atoms with E-state index in [0.717, 1.165) is 0 Å². The number of nitro groups is 1. The van der Waals surface area contributed by atoms with Crippen LogP contribution in [0.4, 0.5) is 5.95 Å². The lowest BCUT2D eigenvalue weighted by molar-refractivity contribution is -0.394. The second-order valence-corrected chi connectivity index (χ2v) is 2.23. The number of amides is 1. The van der Waals surface area contributed by atoms with E-state index in [4.69, 9.17) is 0 Å². The molecule has 13 heavy (non-hydrogen) atoms. The van der Waals surface area contributed by atoms with Gasteiger partial charge in [0.05, 0.1) is 0 Å². The van der Waals surface area contributed by atoms with E-state index in [2.05, 4.69) is 15.4 Å². The maximum Gasteiger partial charge on any atom is 0.491 e. The Hall–Kier alpha value is -1.99. The van der Waals surface area contributed by atoms with Gasteiger partial charge in [0.25, 0.3) is 0 Å². The van der Waals surface area contributed by atoms with E-state index in [1.807, 2.05) is 0 Å². The molecule has 1 rings (SSSR count). The van der Waals surface area contributed by atoms with Crippen LogP contribution in [0, 0.1) is 10.1 Å². The van der Waals surface area contributed by atoms with Crippen molar-refractivity contribution in [1.29, 1.82) is 0 Å². The predicted molar refractivity (Wildman–Crippen MR) is 40.5 cm³/mol. The molecular weight excluding hydrogens is 178 g/mol. The number of hydrogen-bond acceptors (Lipinski definition) is 5. The third-order valence-electron chi connectivity index (χ3n) is 1.18. The van der Waals surface area contributed by atoms with Crippen molar-refractivity contribution < 1.29 is 9.72 Å². The number of hydrogen-bond donors (Lipinski definition) is 1. The average molecular weight is 185 g/mol. The lowest BCUT2D eigenvalue weighted by Crippen LogP contribution is -2.23. The van der Waals surface area contributed by atoms with Crippen LogP contribution < -0.4 is 5.32 Å². The molecule has 0 aromatic carbocycles. The van der Waals surface area contributed by atoms with Gasteiger partial charge in [-0.25, -0.2) is 0 Å². The zero-order valence-electron chi connectivity index (χ0n) is 6.80. The Labute approximate surface area is 72.7 Å². The number of rotatable bonds is 3. The predicted octanol–water partition coefficient (Wildman–Crippen LogP) is -0.720. The molecule has 1 aromatic heterocycles. The van der Waals surface area contributed by atoms with Gasteiger partial charge >= 0.3 is 5.95 Å². The van der Waals surface area contributed by atoms with Crippen LogP contribution in [0.25, 0.3) is 0 Å². The fraction of sp³-hybridized carbons (Fsp3) is 0.400. The first-order valence-electron chi connectivity index (χ1n) is 3.38. The molecule has 1 heterocycles. The molecule has 1 aromatic rings. The van der Waals surface area contributed by atoms with E-state index in [-0.39, 0.29) is 12.6 Å². The third kappa shape index (κ3) is 2.51. The Balaban J connectivity index is 2.59. The highest BCUT2D eigenvalue weighted by Gasteiger charge is 2.12. The average Bonchev–Trinajstić information content (AvgIpc) is 2.48. The third-order valence-corrected chi connectivity index (χ3v) is 1.18. The summed E-state index contributed by atoms with van der Waals surface area (Å²) >= 11 is 0. The minimum absolute atomic E-state index is 0.0795. The van der Waals surface area contributed by atoms with Crippen molar-refractivity contribution in [3.05, 3.63) is 16.4 Å². The lowest BCUT2D eigenvalue weighted by atomic mass is 10.7. The molecule has 1 N–H and O–H groups in total. The molecule has 0 aliphatic carbocycles. The van der Waals surface area contributed by atoms with Gasteiger partial charge in [0, 0.05) is 12.0 Å². The molecule has 0 spiro atoms. The standard InChI is InChI=1S/C5H7N5O3/c1-4(11)6-2-9-3-7-5(8-9)10(12)13/h3H,2H2,1H3,(H,6,11). The van der Waals surface area contributed by atoms with Gasteiger partial charge in [-0.1, -0.05) is 4.98 Å². The zero-order chi connectivity index (χ0) is 9.84. The van der Waals surface area contributed by atoms with E-state index in [1.165, 1.54) is 17.9 Å². The number of nitrogens with zero attached hydrogens (tertiary/aromatic N) is 4. The molecule has 0 aliphatic rings. The minimum atomic E-state index is -0.704. The summed E-state index contributed by atoms with van der Waals surface area (Å²) in [6.07, 6.45) is 1.17. The largest absolute Gasteiger partial charge is 0.491 e. The summed E-state index contributed by atoms with van der Waals surface area (Å²) in [5.41, 5.74) is 0. The van der Waals surface area contributed by atoms with Crippen molar-refractivity contribution in [2.75, 3.05) is 0 Å². The quantitative estimate of drug-likeness (QED) is 0.494. The summed E-state index contributed by atoms with van der Waals surface area (Å²) in [5.74, 6) is -0.719. The molecule has 0 aliphatic heterocycles. The van der Waals surface area contributed by atoms with Crippen LogP contribution in [0.3, 0.4) is 0 Å². The SMILES string of the molecule is CC(=O)NCn1cnc([N+](=O)[O-])n1. The first kappa shape index (κ1) is 9.10. The summed E-state index contributed by atoms with van der Waals surface area (Å²) in [5, 5.41) is 16.0. The minimum Gasteiger partial charge on any atom is -0.390 e. The van der Waals surface area contributed by atoms with Crippen molar-refractivity contribution in [2.24, 2.45) is 0 Å². The summed E-state index contributed by atoms with van der Waals surface area (Å²) in [7, 11) is 0. The lowest BCUT2D eigenvalue weighted by Gasteiger charge is -1.95. The van der Waals surface area contributed by atoms with Gasteiger partial charge in [0.1, 0.15) is 6.67 Å². The van der Waals surface area contributed by atoms with Crippen LogP contribution in [0.2, 0.25) is 0 Å². The van der Waals surface area contributed by atoms with Gasteiger partial charge in [-0.2, -0.15) is 4.68 Å². The monoisotopic (exact) mass is 185 g/mol. The second-order valence-electron chi connectivity index (χ2n) is 2.23. The topological polar surface area (TPSA) is 103 Å². The Morgan fingerprint density at radius 2 is 2.54 bits per heavy atom. The summed E-state index contributed by atoms with van der Waals surface area (Å²) in [6, 6.07) is 0. The van der Waals surface area contributed by atoms with Crippen LogP contribution >= 0.6 is 0 Å². The molecule has 0 saturated heterocycles. The van der Waals surface area contributed by atoms with Crippen LogP contribution in [-0.2, 0) is 11.5 Å². The number of aromatic nitrogens is 3. The highest BCUT2D eigenvalue weighted by Crippen LogP contribution is 1.98. The van der Waals surface area contributed by atoms with Crippen molar-refractivity contribution in [2.45, 2.75) is 13.6 Å². The first-order chi connectivity index (χ1) is 6.09. The first-order valence-corrected chi connectivity index (χ1v) is 3.38. The smallest absolute Gasteiger partial charge is 0.390 e. The van der Waals surface area contributed by atoms with Crippen molar-refractivity contribution in [1.82, 2.24) is 20.1 Å². The zero-order valence-corrected chi connectivity index (χ0v) is 6.80. The number of carbonyl (C=O) groups excluding carboxylic acids is 1. The second kappa shape index (κ2) is 3.61. The van der Waals surface area contributed by atoms with Crippen LogP contribution in [0.15, 0.2) is 6.33 Å². The van der Waals surface area contributed by atoms with E-state index in [0.29, 0.717) is 0 Å². The van der Waals surface area contributed by atoms with Gasteiger partial charge in [-0.3, -0.25) is 4.79 Å². The molecule has 70 valence electrons. The molecule has 0 bridgehead atoms. The molecule has 0 unspecified atom stereocenters. The molecule has 8 nitrogen and oxygen atoms in total. The molecule has 0 saturated carbocycles. The Morgan fingerprint density at radius 1 is 1.85 bits per heavy atom. The van der Waals surface area contributed by atoms with Crippen LogP contribution in [0.5, 0.6) is 0 Å². The molecule has 0 atom stereocenters. The highest BCUT2D eigenvalue weighted by atomic mass is 16.6. The Morgan fingerprint density at radius 3 is 3.00 bits per heavy atom. The fourth-order valence-electron chi connectivity index (χ4n) is 0.637. The van der Waals surface area contributed by atoms with Crippen LogP contribution in [0.1, 0.15) is 6.92 Å². The summed E-state index contributed by atoms with van der Waals surface area (Å²) < 4.78 is 1.17. The molecule has 1 amide bonds. The van der Waals surface area contributed by atoms with Crippen molar-refractivity contribution >= 4 is 11.9 Å². The van der Waals surface area contributed by atoms with Gasteiger partial charge in [-0.15, -0.1) is 0 Å². The molecule has 8 heteroatoms. The number of carbonyl (C=O) groups is 1. The van der Waals surface area contributed by atoms with Gasteiger partial charge in [-0.05, 0) is 4.92 Å². The van der Waals surface area contributed by atoms with E-state index < -0.39 is 10.9 Å². The normalized spacial score (nSPS) is 9.62. The molecule has 0 fully saturated rings. The summed E-state index contributed by atoms with van der Waals surface area (Å²) in [4.78, 5) is 23.3. The van der Waals surface area contributed by atoms with Crippen molar-refractivity contribution in [3.63, 3.8) is 0 Å². The van der Waals surface area contributed by atoms with E-state index in [9.17, 15) is 14.9 Å². The fourth-order valence-corrected chi connectivity index (χ4v) is 0.637. The highest BCUT2D eigenvalue weighted by molar-refractivity contribution is 5.72. The Kier molecular flexibility index (Phi) is 2.52. The maximum absolute atomic E-state index is 10.5. The molecular formula is C5H7N5O3. The Bertz CT molecular complexity index is 333. The van der Waals surface area contributed by atoms with E-state index >= 15 is 0 Å². The summed E-state index contributed by atoms with van der Waals surface area (Å²) in [6.45, 7) is 1.42. The van der Waals surface area contributed by atoms with Crippen molar-refractivity contribution in [3.8, 4) is 0 Å². The van der Waals surface area contributed by atoms with Gasteiger partial charge in [0.2, 0.25) is 12.2 Å².